The Morgan fingerprint density at radius 2 is 2.06 bits per heavy atom. The smallest absolute Gasteiger partial charge is 0.307 e. The predicted octanol–water partition coefficient (Wildman–Crippen LogP) is 2.25. The van der Waals surface area contributed by atoms with Crippen molar-refractivity contribution in [2.24, 2.45) is 0 Å². The van der Waals surface area contributed by atoms with Gasteiger partial charge in [-0.1, -0.05) is 32.6 Å². The maximum absolute atomic E-state index is 12.8. The van der Waals surface area contributed by atoms with E-state index in [1.165, 1.54) is 11.3 Å². The molecule has 0 saturated carbocycles. The van der Waals surface area contributed by atoms with E-state index in [-0.39, 0.29) is 24.9 Å². The fourth-order valence-corrected chi connectivity index (χ4v) is 3.01. The van der Waals surface area contributed by atoms with Crippen LogP contribution in [0.1, 0.15) is 52.4 Å². The van der Waals surface area contributed by atoms with Crippen LogP contribution >= 0.6 is 0 Å². The summed E-state index contributed by atoms with van der Waals surface area (Å²) in [4.78, 5) is 13.2. The first-order valence-corrected chi connectivity index (χ1v) is 8.03. The van der Waals surface area contributed by atoms with Crippen LogP contribution in [0.3, 0.4) is 0 Å². The highest BCUT2D eigenvalue weighted by atomic mass is 32.3. The van der Waals surface area contributed by atoms with E-state index < -0.39 is 15.5 Å². The zero-order valence-electron chi connectivity index (χ0n) is 11.1. The Kier molecular flexibility index (Phi) is 5.56. The second-order valence-electron chi connectivity index (χ2n) is 5.05. The van der Waals surface area contributed by atoms with Crippen molar-refractivity contribution in [2.75, 3.05) is 6.54 Å². The van der Waals surface area contributed by atoms with Gasteiger partial charge in [-0.15, -0.1) is 3.89 Å². The molecule has 18 heavy (non-hydrogen) atoms. The number of amides is 1. The number of likely N-dealkylation sites (tertiary alicyclic amines) is 1. The van der Waals surface area contributed by atoms with Gasteiger partial charge in [0.1, 0.15) is 5.25 Å². The molecule has 1 saturated heterocycles. The monoisotopic (exact) mass is 279 g/mol. The SMILES string of the molecule is CCCCCCC(C)N1CC(S(=O)(=O)F)CC1=O. The molecule has 0 aromatic heterocycles. The van der Waals surface area contributed by atoms with Crippen molar-refractivity contribution >= 4 is 16.1 Å². The molecule has 1 fully saturated rings. The lowest BCUT2D eigenvalue weighted by Gasteiger charge is -2.24. The molecular weight excluding hydrogens is 257 g/mol. The van der Waals surface area contributed by atoms with Crippen LogP contribution in [0.5, 0.6) is 0 Å². The molecule has 1 aliphatic rings. The highest BCUT2D eigenvalue weighted by Gasteiger charge is 2.39. The Bertz CT molecular complexity index is 383. The molecule has 6 heteroatoms. The minimum Gasteiger partial charge on any atom is -0.339 e. The molecule has 1 heterocycles. The number of hydrogen-bond donors (Lipinski definition) is 0. The van der Waals surface area contributed by atoms with E-state index in [1.54, 1.807) is 0 Å². The maximum atomic E-state index is 12.8. The lowest BCUT2D eigenvalue weighted by atomic mass is 10.1. The Labute approximate surface area is 109 Å². The molecule has 2 atom stereocenters. The van der Waals surface area contributed by atoms with Crippen LogP contribution in [0.2, 0.25) is 0 Å². The van der Waals surface area contributed by atoms with Gasteiger partial charge in [0, 0.05) is 19.0 Å². The molecule has 0 radical (unpaired) electrons. The zero-order chi connectivity index (χ0) is 13.8. The third-order valence-electron chi connectivity index (χ3n) is 3.53. The molecule has 0 bridgehead atoms. The fourth-order valence-electron chi connectivity index (χ4n) is 2.33. The van der Waals surface area contributed by atoms with Crippen molar-refractivity contribution < 1.29 is 17.1 Å². The van der Waals surface area contributed by atoms with Gasteiger partial charge in [-0.3, -0.25) is 4.79 Å². The molecule has 1 aliphatic heterocycles. The van der Waals surface area contributed by atoms with E-state index in [1.807, 2.05) is 6.92 Å². The minimum atomic E-state index is -4.59. The van der Waals surface area contributed by atoms with Crippen molar-refractivity contribution in [1.29, 1.82) is 0 Å². The largest absolute Gasteiger partial charge is 0.339 e. The molecule has 0 aliphatic carbocycles. The molecule has 0 aromatic carbocycles. The second-order valence-corrected chi connectivity index (χ2v) is 6.66. The number of unbranched alkanes of at least 4 members (excludes halogenated alkanes) is 3. The first-order chi connectivity index (χ1) is 8.36. The summed E-state index contributed by atoms with van der Waals surface area (Å²) in [6.45, 7) is 4.04. The minimum absolute atomic E-state index is 0.00102. The van der Waals surface area contributed by atoms with Crippen LogP contribution in [-0.4, -0.2) is 37.1 Å². The van der Waals surface area contributed by atoms with E-state index >= 15 is 0 Å². The summed E-state index contributed by atoms with van der Waals surface area (Å²) in [6, 6.07) is 0.00102. The Morgan fingerprint density at radius 1 is 1.39 bits per heavy atom. The Balaban J connectivity index is 2.44. The topological polar surface area (TPSA) is 54.5 Å². The summed E-state index contributed by atoms with van der Waals surface area (Å²) in [5.41, 5.74) is 0. The Hall–Kier alpha value is -0.650. The van der Waals surface area contributed by atoms with Crippen molar-refractivity contribution in [1.82, 2.24) is 4.90 Å². The standard InChI is InChI=1S/C12H22FNO3S/c1-3-4-5-6-7-10(2)14-9-11(8-12(14)15)18(13,16)17/h10-11H,3-9H2,1-2H3. The second kappa shape index (κ2) is 6.50. The van der Waals surface area contributed by atoms with Crippen LogP contribution < -0.4 is 0 Å². The third kappa shape index (κ3) is 4.23. The highest BCUT2D eigenvalue weighted by molar-refractivity contribution is 7.87. The molecule has 0 aromatic rings. The molecule has 0 spiro atoms. The molecule has 2 unspecified atom stereocenters. The van der Waals surface area contributed by atoms with Crippen LogP contribution in [0, 0.1) is 0 Å². The van der Waals surface area contributed by atoms with E-state index in [4.69, 9.17) is 0 Å². The number of rotatable bonds is 7. The first-order valence-electron chi connectivity index (χ1n) is 6.59. The molecule has 4 nitrogen and oxygen atoms in total. The average molecular weight is 279 g/mol. The van der Waals surface area contributed by atoms with Crippen molar-refractivity contribution in [3.63, 3.8) is 0 Å². The normalized spacial score (nSPS) is 22.5. The van der Waals surface area contributed by atoms with Gasteiger partial charge in [-0.25, -0.2) is 0 Å². The molecule has 106 valence electrons. The van der Waals surface area contributed by atoms with Gasteiger partial charge in [-0.05, 0) is 13.3 Å². The van der Waals surface area contributed by atoms with Crippen molar-refractivity contribution in [3.8, 4) is 0 Å². The van der Waals surface area contributed by atoms with Gasteiger partial charge in [0.05, 0.1) is 0 Å². The highest BCUT2D eigenvalue weighted by Crippen LogP contribution is 2.23. The number of nitrogens with zero attached hydrogens (tertiary/aromatic N) is 1. The van der Waals surface area contributed by atoms with E-state index in [9.17, 15) is 17.1 Å². The Morgan fingerprint density at radius 3 is 2.56 bits per heavy atom. The van der Waals surface area contributed by atoms with E-state index in [0.29, 0.717) is 0 Å². The van der Waals surface area contributed by atoms with Crippen LogP contribution in [0.15, 0.2) is 0 Å². The van der Waals surface area contributed by atoms with Gasteiger partial charge in [-0.2, -0.15) is 8.42 Å². The van der Waals surface area contributed by atoms with Crippen LogP contribution in [0.4, 0.5) is 3.89 Å². The van der Waals surface area contributed by atoms with Gasteiger partial charge in [0.2, 0.25) is 5.91 Å². The average Bonchev–Trinajstić information content (AvgIpc) is 2.66. The van der Waals surface area contributed by atoms with Crippen molar-refractivity contribution in [3.05, 3.63) is 0 Å². The van der Waals surface area contributed by atoms with Gasteiger partial charge in [0.25, 0.3) is 0 Å². The van der Waals surface area contributed by atoms with Gasteiger partial charge < -0.3 is 4.90 Å². The number of carbonyl (C=O) groups excluding carboxylic acids is 1. The predicted molar refractivity (Wildman–Crippen MR) is 68.4 cm³/mol. The van der Waals surface area contributed by atoms with Crippen molar-refractivity contribution in [2.45, 2.75) is 63.7 Å². The summed E-state index contributed by atoms with van der Waals surface area (Å²) in [5, 5.41) is -1.16. The molecule has 1 rings (SSSR count). The third-order valence-corrected chi connectivity index (χ3v) is 4.64. The quantitative estimate of drug-likeness (QED) is 0.530. The number of halogens is 1. The summed E-state index contributed by atoms with van der Waals surface area (Å²) in [7, 11) is -4.59. The molecular formula is C12H22FNO3S. The van der Waals surface area contributed by atoms with Gasteiger partial charge >= 0.3 is 10.2 Å². The van der Waals surface area contributed by atoms with E-state index in [2.05, 4.69) is 6.92 Å². The zero-order valence-corrected chi connectivity index (χ0v) is 11.9. The summed E-state index contributed by atoms with van der Waals surface area (Å²) in [5.74, 6) is -0.246. The number of carbonyl (C=O) groups is 1. The summed E-state index contributed by atoms with van der Waals surface area (Å²) >= 11 is 0. The van der Waals surface area contributed by atoms with Gasteiger partial charge in [0.15, 0.2) is 0 Å². The molecule has 1 amide bonds. The lowest BCUT2D eigenvalue weighted by molar-refractivity contribution is -0.129. The fraction of sp³-hybridized carbons (Fsp3) is 0.917. The van der Waals surface area contributed by atoms with E-state index in [0.717, 1.165) is 25.7 Å². The number of hydrogen-bond acceptors (Lipinski definition) is 3. The summed E-state index contributed by atoms with van der Waals surface area (Å²) < 4.78 is 34.5. The molecule has 0 N–H and O–H groups in total. The maximum Gasteiger partial charge on any atom is 0.307 e. The lowest BCUT2D eigenvalue weighted by Crippen LogP contribution is -2.35. The van der Waals surface area contributed by atoms with Crippen LogP contribution in [0.25, 0.3) is 0 Å². The summed E-state index contributed by atoms with van der Waals surface area (Å²) in [6.07, 6.45) is 5.10. The van der Waals surface area contributed by atoms with Crippen LogP contribution in [-0.2, 0) is 15.0 Å². The first kappa shape index (κ1) is 15.4.